The lowest BCUT2D eigenvalue weighted by atomic mass is 9.91. The molecular formula is C45H68N4O10. The first-order valence-electron chi connectivity index (χ1n) is 22.0. The predicted octanol–water partition coefficient (Wildman–Crippen LogP) is 6.24. The molecule has 0 radical (unpaired) electrons. The van der Waals surface area contributed by atoms with E-state index in [2.05, 4.69) is 26.5 Å². The highest BCUT2D eigenvalue weighted by Gasteiger charge is 2.38. The second-order valence-corrected chi connectivity index (χ2v) is 16.4. The van der Waals surface area contributed by atoms with E-state index < -0.39 is 0 Å². The monoisotopic (exact) mass is 824 g/mol. The summed E-state index contributed by atoms with van der Waals surface area (Å²) in [6.45, 7) is 5.43. The minimum absolute atomic E-state index is 0.134. The molecule has 2 amide bonds. The van der Waals surface area contributed by atoms with Gasteiger partial charge in [-0.05, 0) is 99.6 Å². The average molecular weight is 825 g/mol. The lowest BCUT2D eigenvalue weighted by molar-refractivity contribution is -0.0321. The Morgan fingerprint density at radius 3 is 1.61 bits per heavy atom. The smallest absolute Gasteiger partial charge is 0.407 e. The van der Waals surface area contributed by atoms with Crippen molar-refractivity contribution in [3.8, 4) is 23.0 Å². The Balaban J connectivity index is 0.806. The predicted molar refractivity (Wildman–Crippen MR) is 224 cm³/mol. The highest BCUT2D eigenvalue weighted by atomic mass is 16.6. The molecule has 2 aromatic rings. The molecule has 2 aliphatic carbocycles. The van der Waals surface area contributed by atoms with Gasteiger partial charge in [-0.2, -0.15) is 0 Å². The summed E-state index contributed by atoms with van der Waals surface area (Å²) >= 11 is 0. The van der Waals surface area contributed by atoms with Crippen molar-refractivity contribution in [3.05, 3.63) is 47.5 Å². The van der Waals surface area contributed by atoms with Crippen LogP contribution in [0.4, 0.5) is 9.59 Å². The maximum Gasteiger partial charge on any atom is 0.407 e. The van der Waals surface area contributed by atoms with Gasteiger partial charge in [0.25, 0.3) is 0 Å². The summed E-state index contributed by atoms with van der Waals surface area (Å²) in [7, 11) is 4.85. The molecule has 1 unspecified atom stereocenters. The van der Waals surface area contributed by atoms with Crippen LogP contribution in [0.25, 0.3) is 0 Å². The Bertz CT molecular complexity index is 1610. The molecule has 0 spiro atoms. The summed E-state index contributed by atoms with van der Waals surface area (Å²) in [4.78, 5) is 30.2. The Morgan fingerprint density at radius 1 is 0.627 bits per heavy atom. The van der Waals surface area contributed by atoms with E-state index in [-0.39, 0.29) is 42.4 Å². The van der Waals surface area contributed by atoms with Crippen LogP contribution in [0.3, 0.4) is 0 Å². The van der Waals surface area contributed by atoms with E-state index in [1.54, 1.807) is 27.4 Å². The lowest BCUT2D eigenvalue weighted by Gasteiger charge is -2.37. The zero-order valence-corrected chi connectivity index (χ0v) is 35.5. The van der Waals surface area contributed by atoms with E-state index in [0.29, 0.717) is 50.7 Å². The molecule has 3 N–H and O–H groups in total. The van der Waals surface area contributed by atoms with Crippen molar-refractivity contribution in [2.24, 2.45) is 0 Å². The Labute approximate surface area is 350 Å². The molecule has 14 nitrogen and oxygen atoms in total. The van der Waals surface area contributed by atoms with Crippen molar-refractivity contribution >= 4 is 12.2 Å². The molecule has 6 atom stereocenters. The third-order valence-corrected chi connectivity index (χ3v) is 12.5. The molecular weight excluding hydrogens is 757 g/mol. The number of phenolic OH excluding ortho intramolecular Hbond substituents is 1. The summed E-state index contributed by atoms with van der Waals surface area (Å²) < 4.78 is 40.6. The quantitative estimate of drug-likeness (QED) is 0.130. The molecule has 59 heavy (non-hydrogen) atoms. The number of phenols is 1. The number of rotatable bonds is 20. The number of benzene rings is 2. The summed E-state index contributed by atoms with van der Waals surface area (Å²) in [5.74, 6) is 2.06. The number of carbonyl (C=O) groups excluding carboxylic acids is 2. The number of nitrogens with one attached hydrogen (secondary N) is 2. The topological polar surface area (TPSA) is 150 Å². The number of ether oxygens (including phenoxy) is 7. The van der Waals surface area contributed by atoms with Crippen LogP contribution in [-0.2, 0) is 31.8 Å². The van der Waals surface area contributed by atoms with Crippen molar-refractivity contribution < 1.29 is 47.9 Å². The van der Waals surface area contributed by atoms with Crippen LogP contribution in [0, 0.1) is 0 Å². The number of hydrogen-bond acceptors (Lipinski definition) is 12. The van der Waals surface area contributed by atoms with E-state index in [9.17, 15) is 14.7 Å². The highest BCUT2D eigenvalue weighted by molar-refractivity contribution is 5.67. The zero-order chi connectivity index (χ0) is 41.4. The van der Waals surface area contributed by atoms with Crippen LogP contribution in [-0.4, -0.2) is 137 Å². The van der Waals surface area contributed by atoms with Gasteiger partial charge in [0.2, 0.25) is 0 Å². The molecule has 2 aromatic carbocycles. The molecule has 0 bridgehead atoms. The molecule has 0 aromatic heterocycles. The number of aromatic hydroxyl groups is 1. The molecule has 2 heterocycles. The number of unbranched alkanes of at least 4 members (excludes halogenated alkanes) is 1. The maximum absolute atomic E-state index is 12.6. The molecule has 328 valence electrons. The van der Waals surface area contributed by atoms with E-state index in [1.807, 2.05) is 24.3 Å². The molecule has 4 fully saturated rings. The molecule has 2 saturated carbocycles. The van der Waals surface area contributed by atoms with Gasteiger partial charge in [-0.3, -0.25) is 9.80 Å². The van der Waals surface area contributed by atoms with Crippen molar-refractivity contribution in [1.29, 1.82) is 0 Å². The second kappa shape index (κ2) is 23.1. The lowest BCUT2D eigenvalue weighted by Crippen LogP contribution is -2.46. The number of nitrogens with zero attached hydrogens (tertiary/aromatic N) is 2. The first kappa shape index (κ1) is 44.6. The summed E-state index contributed by atoms with van der Waals surface area (Å²) in [5, 5.41) is 15.7. The third-order valence-electron chi connectivity index (χ3n) is 12.5. The van der Waals surface area contributed by atoms with Gasteiger partial charge in [0.15, 0.2) is 23.0 Å². The summed E-state index contributed by atoms with van der Waals surface area (Å²) in [6.07, 6.45) is 12.8. The third kappa shape index (κ3) is 13.3. The van der Waals surface area contributed by atoms with Gasteiger partial charge in [-0.1, -0.05) is 37.8 Å². The number of amides is 2. The van der Waals surface area contributed by atoms with Gasteiger partial charge in [0, 0.05) is 51.4 Å². The fourth-order valence-electron chi connectivity index (χ4n) is 9.27. The number of likely N-dealkylation sites (tertiary alicyclic amines) is 2. The Morgan fingerprint density at radius 2 is 1.10 bits per heavy atom. The average Bonchev–Trinajstić information content (AvgIpc) is 3.92. The van der Waals surface area contributed by atoms with Crippen LogP contribution in [0.1, 0.15) is 88.2 Å². The Kier molecular flexibility index (Phi) is 17.5. The largest absolute Gasteiger partial charge is 0.504 e. The van der Waals surface area contributed by atoms with Gasteiger partial charge in [-0.25, -0.2) is 9.59 Å². The van der Waals surface area contributed by atoms with Crippen LogP contribution >= 0.6 is 0 Å². The molecule has 14 heteroatoms. The fourth-order valence-corrected chi connectivity index (χ4v) is 9.27. The van der Waals surface area contributed by atoms with Gasteiger partial charge in [0.1, 0.15) is 12.2 Å². The van der Waals surface area contributed by atoms with Crippen LogP contribution in [0.15, 0.2) is 36.4 Å². The van der Waals surface area contributed by atoms with Crippen molar-refractivity contribution in [3.63, 3.8) is 0 Å². The highest BCUT2D eigenvalue weighted by Crippen LogP contribution is 2.32. The first-order valence-corrected chi connectivity index (χ1v) is 22.0. The zero-order valence-electron chi connectivity index (χ0n) is 35.5. The van der Waals surface area contributed by atoms with E-state index in [1.165, 1.54) is 19.3 Å². The normalized spacial score (nSPS) is 25.0. The number of methoxy groups -OCH3 is 3. The van der Waals surface area contributed by atoms with Crippen molar-refractivity contribution in [1.82, 2.24) is 20.4 Å². The van der Waals surface area contributed by atoms with Gasteiger partial charge in [0.05, 0.1) is 46.8 Å². The van der Waals surface area contributed by atoms with Crippen LogP contribution < -0.4 is 24.8 Å². The maximum atomic E-state index is 12.6. The van der Waals surface area contributed by atoms with E-state index >= 15 is 0 Å². The molecule has 6 rings (SSSR count). The van der Waals surface area contributed by atoms with E-state index in [0.717, 1.165) is 113 Å². The van der Waals surface area contributed by atoms with Crippen LogP contribution in [0.2, 0.25) is 0 Å². The first-order chi connectivity index (χ1) is 28.8. The SMILES string of the molecule is COc1cc(CCO[C@@H]2CCCC[C@H]2N2CC[C@@H](OC(=O)NCCCCNC(=O)O[C@@H]3CCN(C4CCCC[C@H]4OCCc4ccc(OC)c(OC)c4)C3)C2)ccc1O. The number of alkyl carbamates (subject to hydrolysis) is 2. The van der Waals surface area contributed by atoms with Crippen LogP contribution in [0.5, 0.6) is 23.0 Å². The minimum atomic E-state index is -0.390. The van der Waals surface area contributed by atoms with Gasteiger partial charge in [-0.15, -0.1) is 0 Å². The standard InChI is InChI=1S/C45H68N4O10/c1-53-41-17-15-33(29-43(41)55-3)21-27-57-40-13-7-5-11-37(40)49-25-19-35(31-49)59-45(52)47-23-9-8-22-46-44(51)58-34-18-24-48(30-34)36-10-4-6-12-39(36)56-26-20-32-14-16-38(50)42(28-32)54-2/h14-17,28-29,34-37,39-40,50H,4-13,18-27,30-31H2,1-3H3,(H,46,51)(H,47,52)/t34-,35-,36-,37?,39-,40-/m1/s1. The summed E-state index contributed by atoms with van der Waals surface area (Å²) in [6, 6.07) is 12.1. The number of hydrogen-bond donors (Lipinski definition) is 3. The van der Waals surface area contributed by atoms with Crippen molar-refractivity contribution in [2.45, 2.75) is 126 Å². The molecule has 2 saturated heterocycles. The van der Waals surface area contributed by atoms with E-state index in [4.69, 9.17) is 33.2 Å². The fraction of sp³-hybridized carbons (Fsp3) is 0.689. The molecule has 2 aliphatic heterocycles. The second-order valence-electron chi connectivity index (χ2n) is 16.4. The number of carbonyl (C=O) groups is 2. The molecule has 4 aliphatic rings. The van der Waals surface area contributed by atoms with Gasteiger partial charge >= 0.3 is 12.2 Å². The minimum Gasteiger partial charge on any atom is -0.504 e. The van der Waals surface area contributed by atoms with Gasteiger partial charge < -0.3 is 48.9 Å². The Hall–Kier alpha value is -3.98. The van der Waals surface area contributed by atoms with Crippen molar-refractivity contribution in [2.75, 3.05) is 73.8 Å². The summed E-state index contributed by atoms with van der Waals surface area (Å²) in [5.41, 5.74) is 2.22.